The summed E-state index contributed by atoms with van der Waals surface area (Å²) in [6.45, 7) is 3.29. The second-order valence-corrected chi connectivity index (χ2v) is 5.80. The normalized spacial score (nSPS) is 22.2. The van der Waals surface area contributed by atoms with E-state index in [1.54, 1.807) is 13.8 Å². The van der Waals surface area contributed by atoms with E-state index in [1.807, 2.05) is 0 Å². The number of carbonyl (C=O) groups is 1. The van der Waals surface area contributed by atoms with E-state index in [0.29, 0.717) is 5.02 Å². The number of halogens is 4. The SMILES string of the molecule is CC(C)C1=NN(C(=O)c2ccc(Cl)cc2)[C@@](O)(C(F)(F)F)C1. The molecule has 0 aromatic heterocycles. The Kier molecular flexibility index (Phi) is 4.23. The minimum absolute atomic E-state index is 0.0409. The Labute approximate surface area is 130 Å². The number of carbonyl (C=O) groups excluding carboxylic acids is 1. The lowest BCUT2D eigenvalue weighted by Gasteiger charge is -2.32. The van der Waals surface area contributed by atoms with Gasteiger partial charge in [0.25, 0.3) is 11.6 Å². The number of rotatable bonds is 2. The Hall–Kier alpha value is -1.60. The second kappa shape index (κ2) is 5.55. The van der Waals surface area contributed by atoms with Crippen molar-refractivity contribution in [2.45, 2.75) is 32.2 Å². The summed E-state index contributed by atoms with van der Waals surface area (Å²) < 4.78 is 39.7. The lowest BCUT2D eigenvalue weighted by molar-refractivity contribution is -0.297. The highest BCUT2D eigenvalue weighted by Crippen LogP contribution is 2.42. The van der Waals surface area contributed by atoms with Crippen LogP contribution in [0.2, 0.25) is 5.02 Å². The number of benzene rings is 1. The van der Waals surface area contributed by atoms with Crippen molar-refractivity contribution in [2.24, 2.45) is 11.0 Å². The summed E-state index contributed by atoms with van der Waals surface area (Å²) in [6.07, 6.45) is -5.78. The molecule has 22 heavy (non-hydrogen) atoms. The Morgan fingerprint density at radius 2 is 1.91 bits per heavy atom. The van der Waals surface area contributed by atoms with E-state index in [-0.39, 0.29) is 22.2 Å². The van der Waals surface area contributed by atoms with Crippen molar-refractivity contribution in [1.82, 2.24) is 5.01 Å². The van der Waals surface area contributed by atoms with Crippen LogP contribution in [0.4, 0.5) is 13.2 Å². The van der Waals surface area contributed by atoms with Crippen molar-refractivity contribution in [1.29, 1.82) is 0 Å². The lowest BCUT2D eigenvalue weighted by atomic mass is 9.99. The molecule has 0 radical (unpaired) electrons. The molecule has 1 aromatic carbocycles. The van der Waals surface area contributed by atoms with Gasteiger partial charge in [0.1, 0.15) is 0 Å². The van der Waals surface area contributed by atoms with Gasteiger partial charge < -0.3 is 5.11 Å². The number of aliphatic hydroxyl groups is 1. The fourth-order valence-electron chi connectivity index (χ4n) is 2.04. The van der Waals surface area contributed by atoms with Crippen LogP contribution >= 0.6 is 11.6 Å². The van der Waals surface area contributed by atoms with Crippen LogP contribution in [0, 0.1) is 5.92 Å². The minimum atomic E-state index is -5.02. The van der Waals surface area contributed by atoms with Gasteiger partial charge in [-0.2, -0.15) is 23.3 Å². The molecule has 4 nitrogen and oxygen atoms in total. The van der Waals surface area contributed by atoms with Crippen molar-refractivity contribution in [3.63, 3.8) is 0 Å². The van der Waals surface area contributed by atoms with E-state index in [9.17, 15) is 23.1 Å². The van der Waals surface area contributed by atoms with E-state index >= 15 is 0 Å². The third kappa shape index (κ3) is 2.83. The molecule has 1 heterocycles. The first-order chi connectivity index (χ1) is 10.1. The van der Waals surface area contributed by atoms with Crippen molar-refractivity contribution in [3.05, 3.63) is 34.9 Å². The quantitative estimate of drug-likeness (QED) is 0.900. The third-order valence-electron chi connectivity index (χ3n) is 3.41. The van der Waals surface area contributed by atoms with Gasteiger partial charge in [-0.1, -0.05) is 25.4 Å². The maximum Gasteiger partial charge on any atom is 0.438 e. The molecule has 1 atom stereocenters. The molecule has 1 N–H and O–H groups in total. The molecule has 0 saturated heterocycles. The highest BCUT2D eigenvalue weighted by atomic mass is 35.5. The van der Waals surface area contributed by atoms with E-state index in [4.69, 9.17) is 11.6 Å². The van der Waals surface area contributed by atoms with E-state index < -0.39 is 24.2 Å². The van der Waals surface area contributed by atoms with E-state index in [0.717, 1.165) is 0 Å². The van der Waals surface area contributed by atoms with Gasteiger partial charge in [-0.25, -0.2) is 0 Å². The fourth-order valence-corrected chi connectivity index (χ4v) is 2.17. The van der Waals surface area contributed by atoms with Crippen LogP contribution in [-0.4, -0.2) is 33.6 Å². The van der Waals surface area contributed by atoms with Crippen molar-refractivity contribution >= 4 is 23.2 Å². The molecule has 1 aromatic rings. The molecular formula is C14H14ClF3N2O2. The molecule has 1 amide bonds. The molecule has 0 bridgehead atoms. The highest BCUT2D eigenvalue weighted by Gasteiger charge is 2.63. The molecule has 0 saturated carbocycles. The van der Waals surface area contributed by atoms with Crippen molar-refractivity contribution in [2.75, 3.05) is 0 Å². The Bertz CT molecular complexity index is 614. The van der Waals surface area contributed by atoms with Gasteiger partial charge in [0.15, 0.2) is 0 Å². The summed E-state index contributed by atoms with van der Waals surface area (Å²) in [7, 11) is 0. The molecule has 0 spiro atoms. The smallest absolute Gasteiger partial charge is 0.362 e. The third-order valence-corrected chi connectivity index (χ3v) is 3.66. The monoisotopic (exact) mass is 334 g/mol. The van der Waals surface area contributed by atoms with Gasteiger partial charge in [0, 0.05) is 22.7 Å². The summed E-state index contributed by atoms with van der Waals surface area (Å²) in [6, 6.07) is 5.32. The van der Waals surface area contributed by atoms with Gasteiger partial charge in [-0.3, -0.25) is 4.79 Å². The zero-order valence-electron chi connectivity index (χ0n) is 11.9. The maximum absolute atomic E-state index is 13.2. The lowest BCUT2D eigenvalue weighted by Crippen LogP contribution is -2.56. The Morgan fingerprint density at radius 3 is 2.36 bits per heavy atom. The molecule has 0 fully saturated rings. The highest BCUT2D eigenvalue weighted by molar-refractivity contribution is 6.30. The van der Waals surface area contributed by atoms with Gasteiger partial charge >= 0.3 is 6.18 Å². The average molecular weight is 335 g/mol. The largest absolute Gasteiger partial charge is 0.438 e. The fraction of sp³-hybridized carbons (Fsp3) is 0.429. The zero-order chi connectivity index (χ0) is 16.7. The molecule has 8 heteroatoms. The summed E-state index contributed by atoms with van der Waals surface area (Å²) in [5, 5.41) is 14.2. The van der Waals surface area contributed by atoms with Crippen LogP contribution in [0.1, 0.15) is 30.6 Å². The molecule has 0 unspecified atom stereocenters. The van der Waals surface area contributed by atoms with Crippen LogP contribution in [0.25, 0.3) is 0 Å². The first kappa shape index (κ1) is 16.8. The summed E-state index contributed by atoms with van der Waals surface area (Å²) in [5.74, 6) is -1.36. The standard InChI is InChI=1S/C14H14ClF3N2O2/c1-8(2)11-7-13(22,14(16,17)18)20(19-11)12(21)9-3-5-10(15)6-4-9/h3-6,8,22H,7H2,1-2H3/t13-/m0/s1. The molecule has 1 aliphatic rings. The van der Waals surface area contributed by atoms with Gasteiger partial charge in [-0.15, -0.1) is 0 Å². The second-order valence-electron chi connectivity index (χ2n) is 5.36. The number of alkyl halides is 3. The predicted molar refractivity (Wildman–Crippen MR) is 75.5 cm³/mol. The summed E-state index contributed by atoms with van der Waals surface area (Å²) >= 11 is 5.69. The van der Waals surface area contributed by atoms with Crippen LogP contribution in [0.3, 0.4) is 0 Å². The molecule has 0 aliphatic carbocycles. The molecule has 2 rings (SSSR count). The van der Waals surface area contributed by atoms with Crippen molar-refractivity contribution in [3.8, 4) is 0 Å². The van der Waals surface area contributed by atoms with Gasteiger partial charge in [-0.05, 0) is 30.2 Å². The first-order valence-electron chi connectivity index (χ1n) is 6.53. The number of hydrogen-bond acceptors (Lipinski definition) is 3. The van der Waals surface area contributed by atoms with Crippen LogP contribution in [-0.2, 0) is 0 Å². The first-order valence-corrected chi connectivity index (χ1v) is 6.90. The Morgan fingerprint density at radius 1 is 1.36 bits per heavy atom. The maximum atomic E-state index is 13.2. The van der Waals surface area contributed by atoms with Crippen LogP contribution < -0.4 is 0 Å². The minimum Gasteiger partial charge on any atom is -0.362 e. The summed E-state index contributed by atoms with van der Waals surface area (Å²) in [5.41, 5.74) is -3.26. The van der Waals surface area contributed by atoms with E-state index in [2.05, 4.69) is 5.10 Å². The summed E-state index contributed by atoms with van der Waals surface area (Å²) in [4.78, 5) is 12.3. The molecule has 120 valence electrons. The topological polar surface area (TPSA) is 52.9 Å². The zero-order valence-corrected chi connectivity index (χ0v) is 12.6. The number of hydrogen-bond donors (Lipinski definition) is 1. The van der Waals surface area contributed by atoms with Crippen LogP contribution in [0.5, 0.6) is 0 Å². The molecule has 1 aliphatic heterocycles. The average Bonchev–Trinajstić information content (AvgIpc) is 2.78. The predicted octanol–water partition coefficient (Wildman–Crippen LogP) is 3.45. The van der Waals surface area contributed by atoms with Crippen LogP contribution in [0.15, 0.2) is 29.4 Å². The van der Waals surface area contributed by atoms with Gasteiger partial charge in [0.05, 0.1) is 0 Å². The van der Waals surface area contributed by atoms with Crippen molar-refractivity contribution < 1.29 is 23.1 Å². The number of amides is 1. The van der Waals surface area contributed by atoms with E-state index in [1.165, 1.54) is 24.3 Å². The Balaban J connectivity index is 2.43. The number of nitrogens with zero attached hydrogens (tertiary/aromatic N) is 2. The number of hydrazone groups is 1. The molecular weight excluding hydrogens is 321 g/mol. The van der Waals surface area contributed by atoms with Gasteiger partial charge in [0.2, 0.25) is 0 Å².